The van der Waals surface area contributed by atoms with Crippen molar-refractivity contribution in [3.05, 3.63) is 12.0 Å². The molecule has 0 amide bonds. The second kappa shape index (κ2) is 13.3. The van der Waals surface area contributed by atoms with Gasteiger partial charge in [-0.2, -0.15) is 0 Å². The molecule has 0 spiro atoms. The van der Waals surface area contributed by atoms with Gasteiger partial charge in [0.2, 0.25) is 13.6 Å². The van der Waals surface area contributed by atoms with Crippen LogP contribution in [0.25, 0.3) is 0 Å². The number of ether oxygens (including phenoxy) is 5. The second-order valence-electron chi connectivity index (χ2n) is 7.81. The summed E-state index contributed by atoms with van der Waals surface area (Å²) in [6.07, 6.45) is -2.32. The summed E-state index contributed by atoms with van der Waals surface area (Å²) in [6, 6.07) is 0. The molecule has 0 unspecified atom stereocenters. The number of amidine groups is 1. The van der Waals surface area contributed by atoms with E-state index in [-0.39, 0.29) is 0 Å². The number of nitrogens with one attached hydrogen (secondary N) is 1. The number of carbonyl (C=O) groups is 2. The lowest BCUT2D eigenvalue weighted by atomic mass is 10.3. The van der Waals surface area contributed by atoms with Crippen LogP contribution in [-0.2, 0) is 43.8 Å². The molecule has 2 rings (SSSR count). The quantitative estimate of drug-likeness (QED) is 0.219. The monoisotopic (exact) mass is 521 g/mol. The van der Waals surface area contributed by atoms with Gasteiger partial charge in [-0.05, 0) is 34.6 Å². The van der Waals surface area contributed by atoms with Crippen molar-refractivity contribution >= 4 is 31.6 Å². The Labute approximate surface area is 202 Å². The average molecular weight is 521 g/mol. The summed E-state index contributed by atoms with van der Waals surface area (Å²) in [5.41, 5.74) is 6.36. The number of fused-ring (bicyclic) bond motifs is 1. The van der Waals surface area contributed by atoms with Crippen LogP contribution in [0.2, 0.25) is 0 Å². The smallest absolute Gasteiger partial charge is 0.432 e. The van der Waals surface area contributed by atoms with E-state index < -0.39 is 58.2 Å². The summed E-state index contributed by atoms with van der Waals surface area (Å²) in [7, 11) is -4.04. The molecule has 16 heteroatoms. The standard InChI is InChI=1S/C19H32N5O10P/c1-12(2)33-18(25)28-9-31-35(27,32-10-29-19(26)34-13(3)4)11-30-14(5)6-24-8-23-15-16(20)21-7-22-17(15)24/h8,12-14,22H,6-7,9-11H2,1-5H3,(H2,20,21)/t14-/m0/s1. The summed E-state index contributed by atoms with van der Waals surface area (Å²) < 4.78 is 49.8. The Morgan fingerprint density at radius 1 is 1.09 bits per heavy atom. The molecule has 0 saturated carbocycles. The molecule has 0 saturated heterocycles. The van der Waals surface area contributed by atoms with Gasteiger partial charge in [-0.1, -0.05) is 0 Å². The highest BCUT2D eigenvalue weighted by Crippen LogP contribution is 2.48. The summed E-state index contributed by atoms with van der Waals surface area (Å²) >= 11 is 0. The predicted molar refractivity (Wildman–Crippen MR) is 122 cm³/mol. The first-order valence-electron chi connectivity index (χ1n) is 10.7. The van der Waals surface area contributed by atoms with Crippen molar-refractivity contribution in [3.63, 3.8) is 0 Å². The van der Waals surface area contributed by atoms with Gasteiger partial charge >= 0.3 is 19.9 Å². The van der Waals surface area contributed by atoms with Crippen molar-refractivity contribution in [2.24, 2.45) is 10.7 Å². The van der Waals surface area contributed by atoms with Gasteiger partial charge in [-0.25, -0.2) is 19.6 Å². The van der Waals surface area contributed by atoms with Crippen LogP contribution in [-0.4, -0.2) is 72.6 Å². The number of anilines is 1. The molecule has 1 aliphatic heterocycles. The van der Waals surface area contributed by atoms with Gasteiger partial charge in [0, 0.05) is 0 Å². The van der Waals surface area contributed by atoms with Crippen LogP contribution in [0.1, 0.15) is 40.3 Å². The van der Waals surface area contributed by atoms with Crippen molar-refractivity contribution in [1.29, 1.82) is 0 Å². The number of hydrogen-bond acceptors (Lipinski definition) is 14. The third kappa shape index (κ3) is 9.72. The Bertz CT molecular complexity index is 903. The van der Waals surface area contributed by atoms with Crippen LogP contribution in [0.15, 0.2) is 11.3 Å². The molecule has 0 radical (unpaired) electrons. The van der Waals surface area contributed by atoms with Gasteiger partial charge in [-0.3, -0.25) is 13.6 Å². The van der Waals surface area contributed by atoms with E-state index in [1.54, 1.807) is 45.5 Å². The van der Waals surface area contributed by atoms with Gasteiger partial charge in [0.25, 0.3) is 0 Å². The molecule has 3 N–H and O–H groups in total. The first-order valence-corrected chi connectivity index (χ1v) is 12.5. The van der Waals surface area contributed by atoms with Crippen LogP contribution in [0, 0.1) is 0 Å². The fourth-order valence-corrected chi connectivity index (χ4v) is 3.68. The lowest BCUT2D eigenvalue weighted by Gasteiger charge is -2.22. The molecule has 35 heavy (non-hydrogen) atoms. The molecule has 1 aromatic heterocycles. The van der Waals surface area contributed by atoms with Crippen LogP contribution in [0.3, 0.4) is 0 Å². The van der Waals surface area contributed by atoms with Crippen LogP contribution in [0.5, 0.6) is 0 Å². The van der Waals surface area contributed by atoms with Crippen molar-refractivity contribution in [3.8, 4) is 0 Å². The van der Waals surface area contributed by atoms with Gasteiger partial charge in [0.1, 0.15) is 30.4 Å². The maximum atomic E-state index is 13.1. The second-order valence-corrected chi connectivity index (χ2v) is 9.80. The minimum absolute atomic E-state index is 0.315. The molecule has 0 aromatic carbocycles. The minimum Gasteiger partial charge on any atom is -0.432 e. The van der Waals surface area contributed by atoms with Crippen molar-refractivity contribution in [2.45, 2.75) is 59.5 Å². The zero-order chi connectivity index (χ0) is 26.0. The molecular formula is C19H32N5O10P. The summed E-state index contributed by atoms with van der Waals surface area (Å²) in [6.45, 7) is 7.40. The normalized spacial score (nSPS) is 14.1. The molecule has 0 bridgehead atoms. The molecule has 1 aromatic rings. The maximum Gasteiger partial charge on any atom is 0.510 e. The van der Waals surface area contributed by atoms with Crippen LogP contribution in [0.4, 0.5) is 15.4 Å². The first-order chi connectivity index (χ1) is 16.5. The van der Waals surface area contributed by atoms with Gasteiger partial charge in [0.05, 0.1) is 31.2 Å². The van der Waals surface area contributed by atoms with Gasteiger partial charge in [0.15, 0.2) is 0 Å². The number of aliphatic imine (C=N–C) groups is 1. The Kier molecular flexibility index (Phi) is 10.8. The van der Waals surface area contributed by atoms with Gasteiger partial charge < -0.3 is 39.3 Å². The number of imidazole rings is 1. The van der Waals surface area contributed by atoms with Crippen LogP contribution < -0.4 is 11.1 Å². The molecule has 1 atom stereocenters. The van der Waals surface area contributed by atoms with E-state index in [9.17, 15) is 14.2 Å². The molecular weight excluding hydrogens is 489 g/mol. The van der Waals surface area contributed by atoms with Crippen molar-refractivity contribution < 1.29 is 46.9 Å². The maximum absolute atomic E-state index is 13.1. The largest absolute Gasteiger partial charge is 0.510 e. The molecule has 0 fully saturated rings. The Hall–Kier alpha value is -2.87. The number of nitrogens with two attached hydrogens (primary N) is 1. The Balaban J connectivity index is 1.93. The summed E-state index contributed by atoms with van der Waals surface area (Å²) in [4.78, 5) is 31.3. The third-order valence-corrected chi connectivity index (χ3v) is 5.53. The highest BCUT2D eigenvalue weighted by molar-refractivity contribution is 7.53. The zero-order valence-corrected chi connectivity index (χ0v) is 21.2. The molecule has 15 nitrogen and oxygen atoms in total. The van der Waals surface area contributed by atoms with E-state index >= 15 is 0 Å². The number of rotatable bonds is 13. The molecule has 0 aliphatic carbocycles. The summed E-state index contributed by atoms with van der Waals surface area (Å²) in [5, 5.41) is 3.08. The highest BCUT2D eigenvalue weighted by Gasteiger charge is 2.29. The minimum atomic E-state index is -4.04. The van der Waals surface area contributed by atoms with E-state index in [2.05, 4.69) is 15.3 Å². The fraction of sp³-hybridized carbons (Fsp3) is 0.684. The average Bonchev–Trinajstić information content (AvgIpc) is 3.15. The van der Waals surface area contributed by atoms with Crippen molar-refractivity contribution in [2.75, 3.05) is 31.9 Å². The molecule has 1 aliphatic rings. The Morgan fingerprint density at radius 3 is 2.20 bits per heavy atom. The topological polar surface area (TPSA) is 184 Å². The lowest BCUT2D eigenvalue weighted by molar-refractivity contribution is -0.0369. The third-order valence-electron chi connectivity index (χ3n) is 4.06. The predicted octanol–water partition coefficient (Wildman–Crippen LogP) is 2.60. The van der Waals surface area contributed by atoms with E-state index in [0.29, 0.717) is 30.6 Å². The van der Waals surface area contributed by atoms with E-state index in [1.807, 2.05) is 0 Å². The van der Waals surface area contributed by atoms with Crippen LogP contribution >= 0.6 is 7.60 Å². The number of nitrogens with zero attached hydrogens (tertiary/aromatic N) is 3. The van der Waals surface area contributed by atoms with Gasteiger partial charge in [-0.15, -0.1) is 0 Å². The van der Waals surface area contributed by atoms with E-state index in [4.69, 9.17) is 38.5 Å². The Morgan fingerprint density at radius 2 is 1.66 bits per heavy atom. The zero-order valence-electron chi connectivity index (χ0n) is 20.3. The highest BCUT2D eigenvalue weighted by atomic mass is 31.2. The molecule has 198 valence electrons. The SMILES string of the molecule is CC(C)OC(=O)OCOP(=O)(CO[C@@H](C)Cn1cnc2c1NCN=C2N)OCOC(=O)OC(C)C. The molecule has 2 heterocycles. The fourth-order valence-electron chi connectivity index (χ4n) is 2.59. The number of hydrogen-bond donors (Lipinski definition) is 2. The lowest BCUT2D eigenvalue weighted by Crippen LogP contribution is -2.25. The first kappa shape index (κ1) is 28.4. The number of carbonyl (C=O) groups excluding carboxylic acids is 2. The number of aromatic nitrogens is 2. The van der Waals surface area contributed by atoms with E-state index in [1.165, 1.54) is 0 Å². The summed E-state index contributed by atoms with van der Waals surface area (Å²) in [5.74, 6) is 1.00. The van der Waals surface area contributed by atoms with Crippen molar-refractivity contribution in [1.82, 2.24) is 9.55 Å². The van der Waals surface area contributed by atoms with E-state index in [0.717, 1.165) is 0 Å².